The minimum absolute atomic E-state index is 0.0263. The number of hydrogen-bond donors (Lipinski definition) is 1. The zero-order chi connectivity index (χ0) is 18.6. The normalized spacial score (nSPS) is 10.2. The number of rotatable bonds is 5. The summed E-state index contributed by atoms with van der Waals surface area (Å²) in [6.07, 6.45) is 0. The van der Waals surface area contributed by atoms with Gasteiger partial charge in [0, 0.05) is 11.1 Å². The highest BCUT2D eigenvalue weighted by molar-refractivity contribution is 6.31. The van der Waals surface area contributed by atoms with Crippen LogP contribution in [0.4, 0.5) is 11.4 Å². The van der Waals surface area contributed by atoms with E-state index in [2.05, 4.69) is 5.32 Å². The Kier molecular flexibility index (Phi) is 5.71. The fraction of sp³-hybridized carbons (Fsp3) is 0.176. The van der Waals surface area contributed by atoms with Crippen molar-refractivity contribution in [2.45, 2.75) is 13.8 Å². The van der Waals surface area contributed by atoms with Gasteiger partial charge >= 0.3 is 5.97 Å². The smallest absolute Gasteiger partial charge is 0.338 e. The zero-order valence-electron chi connectivity index (χ0n) is 13.5. The molecule has 0 radical (unpaired) electrons. The van der Waals surface area contributed by atoms with Crippen LogP contribution in [-0.2, 0) is 9.53 Å². The van der Waals surface area contributed by atoms with E-state index < -0.39 is 23.4 Å². The molecule has 1 N–H and O–H groups in total. The summed E-state index contributed by atoms with van der Waals surface area (Å²) in [7, 11) is 0. The Morgan fingerprint density at radius 3 is 2.52 bits per heavy atom. The van der Waals surface area contributed by atoms with Crippen molar-refractivity contribution in [2.24, 2.45) is 0 Å². The molecule has 0 spiro atoms. The lowest BCUT2D eigenvalue weighted by molar-refractivity contribution is -0.383. The minimum Gasteiger partial charge on any atom is -0.452 e. The van der Waals surface area contributed by atoms with Gasteiger partial charge in [0.15, 0.2) is 6.61 Å². The van der Waals surface area contributed by atoms with E-state index in [0.717, 1.165) is 17.2 Å². The molecular formula is C17H15ClN2O5. The maximum absolute atomic E-state index is 12.0. The summed E-state index contributed by atoms with van der Waals surface area (Å²) < 4.78 is 4.93. The van der Waals surface area contributed by atoms with Crippen LogP contribution < -0.4 is 5.32 Å². The SMILES string of the molecule is Cc1ccc(C(=O)OCC(=O)Nc2ccc(Cl)cc2[N+](=O)[O-])cc1C. The maximum atomic E-state index is 12.0. The van der Waals surface area contributed by atoms with E-state index >= 15 is 0 Å². The van der Waals surface area contributed by atoms with Crippen LogP contribution in [0.1, 0.15) is 21.5 Å². The van der Waals surface area contributed by atoms with Gasteiger partial charge in [-0.1, -0.05) is 17.7 Å². The first-order valence-corrected chi connectivity index (χ1v) is 7.64. The van der Waals surface area contributed by atoms with Crippen LogP contribution in [0.15, 0.2) is 36.4 Å². The van der Waals surface area contributed by atoms with E-state index in [-0.39, 0.29) is 16.4 Å². The van der Waals surface area contributed by atoms with Crippen molar-refractivity contribution < 1.29 is 19.2 Å². The van der Waals surface area contributed by atoms with Crippen LogP contribution in [0.2, 0.25) is 5.02 Å². The van der Waals surface area contributed by atoms with Gasteiger partial charge in [-0.05, 0) is 49.2 Å². The summed E-state index contributed by atoms with van der Waals surface area (Å²) in [4.78, 5) is 34.2. The Bertz CT molecular complexity index is 851. The second kappa shape index (κ2) is 7.76. The number of carbonyl (C=O) groups excluding carboxylic acids is 2. The van der Waals surface area contributed by atoms with Crippen molar-refractivity contribution in [3.05, 3.63) is 68.2 Å². The van der Waals surface area contributed by atoms with E-state index in [1.165, 1.54) is 12.1 Å². The maximum Gasteiger partial charge on any atom is 0.338 e. The lowest BCUT2D eigenvalue weighted by atomic mass is 10.1. The van der Waals surface area contributed by atoms with Gasteiger partial charge in [0.25, 0.3) is 11.6 Å². The van der Waals surface area contributed by atoms with Crippen molar-refractivity contribution in [3.63, 3.8) is 0 Å². The fourth-order valence-electron chi connectivity index (χ4n) is 2.03. The molecule has 0 heterocycles. The molecule has 2 rings (SSSR count). The predicted molar refractivity (Wildman–Crippen MR) is 92.9 cm³/mol. The largest absolute Gasteiger partial charge is 0.452 e. The number of esters is 1. The molecule has 0 saturated carbocycles. The number of nitro groups is 1. The number of nitro benzene ring substituents is 1. The van der Waals surface area contributed by atoms with Gasteiger partial charge in [0.2, 0.25) is 0 Å². The molecule has 2 aromatic carbocycles. The number of nitrogens with one attached hydrogen (secondary N) is 1. The molecule has 0 aliphatic carbocycles. The van der Waals surface area contributed by atoms with Gasteiger partial charge in [-0.25, -0.2) is 4.79 Å². The summed E-state index contributed by atoms with van der Waals surface area (Å²) in [5.41, 5.74) is 1.91. The molecule has 2 aromatic rings. The third-order valence-electron chi connectivity index (χ3n) is 3.51. The van der Waals surface area contributed by atoms with Crippen LogP contribution in [-0.4, -0.2) is 23.4 Å². The molecule has 0 unspecified atom stereocenters. The summed E-state index contributed by atoms with van der Waals surface area (Å²) >= 11 is 5.71. The first-order valence-electron chi connectivity index (χ1n) is 7.26. The number of amides is 1. The standard InChI is InChI=1S/C17H15ClN2O5/c1-10-3-4-12(7-11(10)2)17(22)25-9-16(21)19-14-6-5-13(18)8-15(14)20(23)24/h3-8H,9H2,1-2H3,(H,19,21). The molecule has 25 heavy (non-hydrogen) atoms. The third-order valence-corrected chi connectivity index (χ3v) is 3.74. The highest BCUT2D eigenvalue weighted by atomic mass is 35.5. The second-order valence-corrected chi connectivity index (χ2v) is 5.78. The van der Waals surface area contributed by atoms with E-state index in [4.69, 9.17) is 16.3 Å². The Morgan fingerprint density at radius 1 is 1.16 bits per heavy atom. The molecule has 130 valence electrons. The van der Waals surface area contributed by atoms with Gasteiger partial charge in [-0.2, -0.15) is 0 Å². The van der Waals surface area contributed by atoms with Crippen molar-refractivity contribution in [2.75, 3.05) is 11.9 Å². The lowest BCUT2D eigenvalue weighted by Crippen LogP contribution is -2.21. The van der Waals surface area contributed by atoms with Crippen LogP contribution in [0.25, 0.3) is 0 Å². The fourth-order valence-corrected chi connectivity index (χ4v) is 2.20. The van der Waals surface area contributed by atoms with Gasteiger partial charge in [0.1, 0.15) is 5.69 Å². The van der Waals surface area contributed by atoms with Crippen LogP contribution in [0.3, 0.4) is 0 Å². The number of hydrogen-bond acceptors (Lipinski definition) is 5. The Labute approximate surface area is 148 Å². The Hall–Kier alpha value is -2.93. The number of anilines is 1. The second-order valence-electron chi connectivity index (χ2n) is 5.34. The van der Waals surface area contributed by atoms with E-state index in [1.807, 2.05) is 13.8 Å². The van der Waals surface area contributed by atoms with Crippen LogP contribution >= 0.6 is 11.6 Å². The first kappa shape index (κ1) is 18.4. The van der Waals surface area contributed by atoms with Gasteiger partial charge in [-0.3, -0.25) is 14.9 Å². The minimum atomic E-state index is -0.692. The van der Waals surface area contributed by atoms with Gasteiger partial charge in [-0.15, -0.1) is 0 Å². The van der Waals surface area contributed by atoms with Crippen molar-refractivity contribution >= 4 is 34.9 Å². The van der Waals surface area contributed by atoms with E-state index in [0.29, 0.717) is 5.56 Å². The average Bonchev–Trinajstić information content (AvgIpc) is 2.56. The first-order chi connectivity index (χ1) is 11.8. The monoisotopic (exact) mass is 362 g/mol. The predicted octanol–water partition coefficient (Wildman–Crippen LogP) is 3.66. The highest BCUT2D eigenvalue weighted by Crippen LogP contribution is 2.27. The van der Waals surface area contributed by atoms with Crippen molar-refractivity contribution in [3.8, 4) is 0 Å². The van der Waals surface area contributed by atoms with Crippen LogP contribution in [0, 0.1) is 24.0 Å². The van der Waals surface area contributed by atoms with E-state index in [1.54, 1.807) is 18.2 Å². The molecule has 1 amide bonds. The Morgan fingerprint density at radius 2 is 1.88 bits per heavy atom. The molecule has 0 aliphatic rings. The molecule has 0 atom stereocenters. The zero-order valence-corrected chi connectivity index (χ0v) is 14.3. The summed E-state index contributed by atoms with van der Waals surface area (Å²) in [5.74, 6) is -1.34. The number of aryl methyl sites for hydroxylation is 2. The summed E-state index contributed by atoms with van der Waals surface area (Å²) in [6, 6.07) is 8.89. The molecule has 0 bridgehead atoms. The van der Waals surface area contributed by atoms with Crippen molar-refractivity contribution in [1.82, 2.24) is 0 Å². The number of nitrogens with zero attached hydrogens (tertiary/aromatic N) is 1. The molecule has 8 heteroatoms. The topological polar surface area (TPSA) is 98.5 Å². The highest BCUT2D eigenvalue weighted by Gasteiger charge is 2.17. The lowest BCUT2D eigenvalue weighted by Gasteiger charge is -2.08. The molecule has 0 aliphatic heterocycles. The Balaban J connectivity index is 2.00. The molecule has 0 saturated heterocycles. The molecule has 0 fully saturated rings. The number of carbonyl (C=O) groups is 2. The number of ether oxygens (including phenoxy) is 1. The summed E-state index contributed by atoms with van der Waals surface area (Å²) in [6.45, 7) is 3.21. The number of halogens is 1. The third kappa shape index (κ3) is 4.77. The quantitative estimate of drug-likeness (QED) is 0.497. The molecule has 0 aromatic heterocycles. The van der Waals surface area contributed by atoms with Gasteiger partial charge < -0.3 is 10.1 Å². The molecular weight excluding hydrogens is 348 g/mol. The average molecular weight is 363 g/mol. The van der Waals surface area contributed by atoms with Crippen LogP contribution in [0.5, 0.6) is 0 Å². The summed E-state index contributed by atoms with van der Waals surface area (Å²) in [5, 5.41) is 13.5. The van der Waals surface area contributed by atoms with Gasteiger partial charge in [0.05, 0.1) is 10.5 Å². The number of benzene rings is 2. The van der Waals surface area contributed by atoms with E-state index in [9.17, 15) is 19.7 Å². The van der Waals surface area contributed by atoms with Crippen molar-refractivity contribution in [1.29, 1.82) is 0 Å². The molecule has 7 nitrogen and oxygen atoms in total.